The van der Waals surface area contributed by atoms with Crippen LogP contribution in [0.5, 0.6) is 0 Å². The molecular formula is C14H26N4. The predicted octanol–water partition coefficient (Wildman–Crippen LogP) is 2.81. The Morgan fingerprint density at radius 2 is 2.17 bits per heavy atom. The van der Waals surface area contributed by atoms with E-state index in [0.717, 1.165) is 29.7 Å². The Labute approximate surface area is 110 Å². The second-order valence-corrected chi connectivity index (χ2v) is 5.67. The van der Waals surface area contributed by atoms with Crippen molar-refractivity contribution in [1.82, 2.24) is 9.78 Å². The van der Waals surface area contributed by atoms with Gasteiger partial charge in [-0.1, -0.05) is 19.8 Å². The van der Waals surface area contributed by atoms with Crippen LogP contribution in [0.25, 0.3) is 0 Å². The van der Waals surface area contributed by atoms with E-state index in [4.69, 9.17) is 5.73 Å². The summed E-state index contributed by atoms with van der Waals surface area (Å²) in [6.07, 6.45) is 5.24. The molecule has 1 fully saturated rings. The van der Waals surface area contributed by atoms with E-state index >= 15 is 0 Å². The highest BCUT2D eigenvalue weighted by Gasteiger charge is 2.26. The van der Waals surface area contributed by atoms with Gasteiger partial charge in [-0.05, 0) is 32.6 Å². The summed E-state index contributed by atoms with van der Waals surface area (Å²) in [5, 5.41) is 4.51. The maximum atomic E-state index is 6.20. The van der Waals surface area contributed by atoms with E-state index in [1.54, 1.807) is 0 Å². The Hall–Kier alpha value is -1.19. The number of nitrogens with two attached hydrogens (primary N) is 1. The summed E-state index contributed by atoms with van der Waals surface area (Å²) in [6, 6.07) is 0.609. The monoisotopic (exact) mass is 250 g/mol. The zero-order valence-electron chi connectivity index (χ0n) is 12.1. The molecule has 4 nitrogen and oxygen atoms in total. The van der Waals surface area contributed by atoms with Crippen molar-refractivity contribution in [2.45, 2.75) is 59.0 Å². The first kappa shape index (κ1) is 13.2. The molecule has 2 atom stereocenters. The van der Waals surface area contributed by atoms with Crippen molar-refractivity contribution >= 4 is 11.5 Å². The number of anilines is 2. The molecule has 1 aromatic rings. The van der Waals surface area contributed by atoms with Crippen LogP contribution in [0.1, 0.15) is 45.2 Å². The third kappa shape index (κ3) is 2.33. The van der Waals surface area contributed by atoms with Crippen LogP contribution < -0.4 is 10.6 Å². The van der Waals surface area contributed by atoms with Crippen molar-refractivity contribution < 1.29 is 0 Å². The van der Waals surface area contributed by atoms with Gasteiger partial charge in [0.05, 0.1) is 11.4 Å². The molecule has 2 rings (SSSR count). The summed E-state index contributed by atoms with van der Waals surface area (Å²) in [6.45, 7) is 7.33. The Bertz CT molecular complexity index is 410. The number of nitrogens with zero attached hydrogens (tertiary/aromatic N) is 3. The SMILES string of the molecule is CCn1nc(C)c(N)c1N(C)C1CCCC(C)C1. The van der Waals surface area contributed by atoms with Crippen molar-refractivity contribution in [2.75, 3.05) is 17.7 Å². The maximum absolute atomic E-state index is 6.20. The number of aromatic nitrogens is 2. The van der Waals surface area contributed by atoms with Crippen LogP contribution in [0, 0.1) is 12.8 Å². The predicted molar refractivity (Wildman–Crippen MR) is 76.9 cm³/mol. The summed E-state index contributed by atoms with van der Waals surface area (Å²) in [4.78, 5) is 2.36. The van der Waals surface area contributed by atoms with Crippen LogP contribution in [0.15, 0.2) is 0 Å². The van der Waals surface area contributed by atoms with Crippen LogP contribution in [0.2, 0.25) is 0 Å². The molecule has 2 N–H and O–H groups in total. The minimum atomic E-state index is 0.609. The molecule has 0 bridgehead atoms. The molecule has 2 unspecified atom stereocenters. The fourth-order valence-corrected chi connectivity index (χ4v) is 3.10. The van der Waals surface area contributed by atoms with Crippen molar-refractivity contribution in [1.29, 1.82) is 0 Å². The molecular weight excluding hydrogens is 224 g/mol. The van der Waals surface area contributed by atoms with Gasteiger partial charge in [-0.15, -0.1) is 0 Å². The lowest BCUT2D eigenvalue weighted by atomic mass is 9.86. The third-order valence-corrected chi connectivity index (χ3v) is 4.24. The third-order valence-electron chi connectivity index (χ3n) is 4.24. The summed E-state index contributed by atoms with van der Waals surface area (Å²) < 4.78 is 2.03. The van der Waals surface area contributed by atoms with Crippen molar-refractivity contribution in [2.24, 2.45) is 5.92 Å². The van der Waals surface area contributed by atoms with E-state index in [2.05, 4.69) is 30.9 Å². The zero-order valence-corrected chi connectivity index (χ0v) is 12.1. The van der Waals surface area contributed by atoms with Gasteiger partial charge in [0.2, 0.25) is 0 Å². The van der Waals surface area contributed by atoms with E-state index in [-0.39, 0.29) is 0 Å². The van der Waals surface area contributed by atoms with Gasteiger partial charge in [0.15, 0.2) is 5.82 Å². The van der Waals surface area contributed by atoms with Gasteiger partial charge < -0.3 is 10.6 Å². The summed E-state index contributed by atoms with van der Waals surface area (Å²) in [5.41, 5.74) is 7.99. The number of rotatable bonds is 3. The Kier molecular flexibility index (Phi) is 3.83. The second kappa shape index (κ2) is 5.21. The smallest absolute Gasteiger partial charge is 0.150 e. The van der Waals surface area contributed by atoms with Crippen LogP contribution in [-0.2, 0) is 6.54 Å². The van der Waals surface area contributed by atoms with Gasteiger partial charge >= 0.3 is 0 Å². The van der Waals surface area contributed by atoms with Crippen molar-refractivity contribution in [3.8, 4) is 0 Å². The van der Waals surface area contributed by atoms with E-state index in [0.29, 0.717) is 6.04 Å². The zero-order chi connectivity index (χ0) is 13.3. The lowest BCUT2D eigenvalue weighted by Crippen LogP contribution is -2.37. The van der Waals surface area contributed by atoms with Gasteiger partial charge in [0.25, 0.3) is 0 Å². The summed E-state index contributed by atoms with van der Waals surface area (Å²) >= 11 is 0. The number of hydrogen-bond donors (Lipinski definition) is 1. The molecule has 0 amide bonds. The van der Waals surface area contributed by atoms with E-state index < -0.39 is 0 Å². The largest absolute Gasteiger partial charge is 0.394 e. The van der Waals surface area contributed by atoms with Crippen LogP contribution in [-0.4, -0.2) is 22.9 Å². The molecule has 0 spiro atoms. The standard InChI is InChI=1S/C14H26N4/c1-5-18-14(13(15)11(3)16-18)17(4)12-8-6-7-10(2)9-12/h10,12H,5-9,15H2,1-4H3. The molecule has 0 saturated heterocycles. The molecule has 102 valence electrons. The highest BCUT2D eigenvalue weighted by atomic mass is 15.4. The normalized spacial score (nSPS) is 24.2. The number of aryl methyl sites for hydroxylation is 2. The first-order chi connectivity index (χ1) is 8.54. The maximum Gasteiger partial charge on any atom is 0.150 e. The number of hydrogen-bond acceptors (Lipinski definition) is 3. The van der Waals surface area contributed by atoms with Crippen LogP contribution in [0.3, 0.4) is 0 Å². The van der Waals surface area contributed by atoms with Crippen LogP contribution >= 0.6 is 0 Å². The molecule has 18 heavy (non-hydrogen) atoms. The number of nitrogen functional groups attached to an aromatic ring is 1. The molecule has 1 aliphatic rings. The Morgan fingerprint density at radius 1 is 1.44 bits per heavy atom. The van der Waals surface area contributed by atoms with Gasteiger partial charge in [0, 0.05) is 19.6 Å². The molecule has 0 aliphatic heterocycles. The first-order valence-corrected chi connectivity index (χ1v) is 7.10. The highest BCUT2D eigenvalue weighted by molar-refractivity contribution is 5.66. The first-order valence-electron chi connectivity index (χ1n) is 7.10. The molecule has 1 aromatic heterocycles. The van der Waals surface area contributed by atoms with E-state index in [9.17, 15) is 0 Å². The lowest BCUT2D eigenvalue weighted by molar-refractivity contribution is 0.334. The molecule has 1 aliphatic carbocycles. The fourth-order valence-electron chi connectivity index (χ4n) is 3.10. The topological polar surface area (TPSA) is 47.1 Å². The average molecular weight is 250 g/mol. The molecule has 1 saturated carbocycles. The van der Waals surface area contributed by atoms with E-state index in [1.165, 1.54) is 25.7 Å². The molecule has 1 heterocycles. The Balaban J connectivity index is 2.24. The minimum absolute atomic E-state index is 0.609. The molecule has 0 radical (unpaired) electrons. The molecule has 4 heteroatoms. The quantitative estimate of drug-likeness (QED) is 0.897. The van der Waals surface area contributed by atoms with E-state index in [1.807, 2.05) is 11.6 Å². The van der Waals surface area contributed by atoms with Gasteiger partial charge in [-0.2, -0.15) is 5.10 Å². The van der Waals surface area contributed by atoms with Gasteiger partial charge in [-0.25, -0.2) is 4.68 Å². The lowest BCUT2D eigenvalue weighted by Gasteiger charge is -2.35. The highest BCUT2D eigenvalue weighted by Crippen LogP contribution is 2.33. The van der Waals surface area contributed by atoms with Gasteiger partial charge in [0.1, 0.15) is 0 Å². The summed E-state index contributed by atoms with van der Waals surface area (Å²) in [7, 11) is 2.17. The molecule has 0 aromatic carbocycles. The summed E-state index contributed by atoms with van der Waals surface area (Å²) in [5.74, 6) is 1.93. The second-order valence-electron chi connectivity index (χ2n) is 5.67. The van der Waals surface area contributed by atoms with Crippen molar-refractivity contribution in [3.63, 3.8) is 0 Å². The van der Waals surface area contributed by atoms with Gasteiger partial charge in [-0.3, -0.25) is 0 Å². The van der Waals surface area contributed by atoms with Crippen molar-refractivity contribution in [3.05, 3.63) is 5.69 Å². The average Bonchev–Trinajstić information content (AvgIpc) is 2.64. The minimum Gasteiger partial charge on any atom is -0.394 e. The Morgan fingerprint density at radius 3 is 2.78 bits per heavy atom. The van der Waals surface area contributed by atoms with Crippen LogP contribution in [0.4, 0.5) is 11.5 Å². The fraction of sp³-hybridized carbons (Fsp3) is 0.786.